The molecule has 0 aliphatic rings. The first-order valence-corrected chi connectivity index (χ1v) is 6.18. The first-order chi connectivity index (χ1) is 9.24. The summed E-state index contributed by atoms with van der Waals surface area (Å²) in [6.45, 7) is 2.87. The van der Waals surface area contributed by atoms with Crippen LogP contribution >= 0.6 is 0 Å². The molecule has 0 amide bonds. The van der Waals surface area contributed by atoms with Gasteiger partial charge in [-0.25, -0.2) is 4.98 Å². The number of hydrogen-bond donors (Lipinski definition) is 1. The zero-order valence-corrected chi connectivity index (χ0v) is 11.1. The topological polar surface area (TPSA) is 52.0 Å². The van der Waals surface area contributed by atoms with Crippen LogP contribution in [-0.4, -0.2) is 18.6 Å². The molecule has 0 bridgehead atoms. The smallest absolute Gasteiger partial charge is 0.127 e. The first kappa shape index (κ1) is 12.9. The fraction of sp³-hybridized carbons (Fsp3) is 0.200. The Labute approximate surface area is 113 Å². The Balaban J connectivity index is 2.30. The van der Waals surface area contributed by atoms with Gasteiger partial charge in [0.1, 0.15) is 5.82 Å². The van der Waals surface area contributed by atoms with Crippen molar-refractivity contribution in [3.05, 3.63) is 48.2 Å². The van der Waals surface area contributed by atoms with Crippen LogP contribution in [0, 0.1) is 11.3 Å². The van der Waals surface area contributed by atoms with E-state index >= 15 is 0 Å². The lowest BCUT2D eigenvalue weighted by atomic mass is 10.2. The van der Waals surface area contributed by atoms with Crippen molar-refractivity contribution in [2.24, 2.45) is 0 Å². The summed E-state index contributed by atoms with van der Waals surface area (Å²) in [7, 11) is 1.97. The summed E-state index contributed by atoms with van der Waals surface area (Å²) in [5.41, 5.74) is 2.67. The maximum absolute atomic E-state index is 8.94. The van der Waals surface area contributed by atoms with E-state index in [0.29, 0.717) is 5.56 Å². The van der Waals surface area contributed by atoms with E-state index in [2.05, 4.69) is 16.4 Å². The lowest BCUT2D eigenvalue weighted by Crippen LogP contribution is -2.10. The normalized spacial score (nSPS) is 9.74. The Hall–Kier alpha value is -2.54. The average Bonchev–Trinajstić information content (AvgIpc) is 2.47. The second-order valence-electron chi connectivity index (χ2n) is 4.15. The van der Waals surface area contributed by atoms with E-state index in [-0.39, 0.29) is 0 Å². The number of hydrogen-bond acceptors (Lipinski definition) is 4. The number of pyridine rings is 1. The van der Waals surface area contributed by atoms with Crippen LogP contribution in [0.15, 0.2) is 42.6 Å². The van der Waals surface area contributed by atoms with Crippen LogP contribution in [-0.2, 0) is 0 Å². The zero-order valence-electron chi connectivity index (χ0n) is 11.1. The number of nitrogens with zero attached hydrogens (tertiary/aromatic N) is 3. The summed E-state index contributed by atoms with van der Waals surface area (Å²) >= 11 is 0. The lowest BCUT2D eigenvalue weighted by Gasteiger charge is -2.20. The molecule has 1 aromatic carbocycles. The van der Waals surface area contributed by atoms with Gasteiger partial charge in [0, 0.05) is 37.2 Å². The Kier molecular flexibility index (Phi) is 3.99. The van der Waals surface area contributed by atoms with Crippen molar-refractivity contribution in [1.82, 2.24) is 4.98 Å². The SMILES string of the molecule is CCNc1cc(N(C)c2cccc(C#N)c2)ccn1. The van der Waals surface area contributed by atoms with Gasteiger partial charge in [-0.3, -0.25) is 0 Å². The molecular weight excluding hydrogens is 236 g/mol. The zero-order chi connectivity index (χ0) is 13.7. The van der Waals surface area contributed by atoms with Crippen molar-refractivity contribution >= 4 is 17.2 Å². The predicted molar refractivity (Wildman–Crippen MR) is 77.6 cm³/mol. The molecule has 0 saturated carbocycles. The highest BCUT2D eigenvalue weighted by Crippen LogP contribution is 2.25. The van der Waals surface area contributed by atoms with Gasteiger partial charge in [0.15, 0.2) is 0 Å². The van der Waals surface area contributed by atoms with E-state index in [1.165, 1.54) is 0 Å². The van der Waals surface area contributed by atoms with Gasteiger partial charge in [-0.15, -0.1) is 0 Å². The van der Waals surface area contributed by atoms with Crippen molar-refractivity contribution in [2.75, 3.05) is 23.8 Å². The van der Waals surface area contributed by atoms with Gasteiger partial charge in [-0.05, 0) is 31.2 Å². The predicted octanol–water partition coefficient (Wildman–Crippen LogP) is 3.15. The average molecular weight is 252 g/mol. The van der Waals surface area contributed by atoms with Crippen LogP contribution in [0.1, 0.15) is 12.5 Å². The van der Waals surface area contributed by atoms with Crippen LogP contribution in [0.5, 0.6) is 0 Å². The largest absolute Gasteiger partial charge is 0.370 e. The highest BCUT2D eigenvalue weighted by Gasteiger charge is 2.05. The van der Waals surface area contributed by atoms with Crippen LogP contribution in [0.25, 0.3) is 0 Å². The molecule has 1 N–H and O–H groups in total. The van der Waals surface area contributed by atoms with Crippen LogP contribution in [0.4, 0.5) is 17.2 Å². The lowest BCUT2D eigenvalue weighted by molar-refractivity contribution is 1.14. The fourth-order valence-corrected chi connectivity index (χ4v) is 1.84. The number of anilines is 3. The molecule has 0 spiro atoms. The fourth-order valence-electron chi connectivity index (χ4n) is 1.84. The minimum absolute atomic E-state index is 0.658. The third-order valence-electron chi connectivity index (χ3n) is 2.85. The maximum Gasteiger partial charge on any atom is 0.127 e. The minimum Gasteiger partial charge on any atom is -0.370 e. The molecule has 0 aliphatic carbocycles. The molecule has 4 heteroatoms. The molecule has 0 atom stereocenters. The van der Waals surface area contributed by atoms with Crippen molar-refractivity contribution < 1.29 is 0 Å². The highest BCUT2D eigenvalue weighted by atomic mass is 15.1. The number of rotatable bonds is 4. The quantitative estimate of drug-likeness (QED) is 0.908. The summed E-state index contributed by atoms with van der Waals surface area (Å²) in [6.07, 6.45) is 1.78. The molecule has 2 rings (SSSR count). The highest BCUT2D eigenvalue weighted by molar-refractivity contribution is 5.66. The summed E-state index contributed by atoms with van der Waals surface area (Å²) in [4.78, 5) is 6.28. The summed E-state index contributed by atoms with van der Waals surface area (Å²) < 4.78 is 0. The molecule has 1 heterocycles. The van der Waals surface area contributed by atoms with Crippen molar-refractivity contribution in [3.8, 4) is 6.07 Å². The number of nitrogens with one attached hydrogen (secondary N) is 1. The second kappa shape index (κ2) is 5.87. The van der Waals surface area contributed by atoms with E-state index in [4.69, 9.17) is 5.26 Å². The molecule has 19 heavy (non-hydrogen) atoms. The van der Waals surface area contributed by atoms with Gasteiger partial charge >= 0.3 is 0 Å². The molecule has 0 radical (unpaired) electrons. The van der Waals surface area contributed by atoms with E-state index < -0.39 is 0 Å². The summed E-state index contributed by atoms with van der Waals surface area (Å²) in [5.74, 6) is 0.850. The molecule has 0 fully saturated rings. The first-order valence-electron chi connectivity index (χ1n) is 6.18. The summed E-state index contributed by atoms with van der Waals surface area (Å²) in [5, 5.41) is 12.1. The van der Waals surface area contributed by atoms with Gasteiger partial charge in [0.05, 0.1) is 11.6 Å². The molecule has 0 unspecified atom stereocenters. The maximum atomic E-state index is 8.94. The molecule has 1 aromatic heterocycles. The Bertz CT molecular complexity index is 601. The van der Waals surface area contributed by atoms with Gasteiger partial charge < -0.3 is 10.2 Å². The van der Waals surface area contributed by atoms with E-state index in [9.17, 15) is 0 Å². The molecule has 0 aliphatic heterocycles. The summed E-state index contributed by atoms with van der Waals surface area (Å²) in [6, 6.07) is 13.6. The number of nitriles is 1. The Morgan fingerprint density at radius 1 is 1.26 bits per heavy atom. The molecule has 0 saturated heterocycles. The van der Waals surface area contributed by atoms with Crippen LogP contribution in [0.3, 0.4) is 0 Å². The Morgan fingerprint density at radius 2 is 2.05 bits per heavy atom. The molecule has 96 valence electrons. The molecular formula is C15H16N4. The van der Waals surface area contributed by atoms with Crippen LogP contribution < -0.4 is 10.2 Å². The minimum atomic E-state index is 0.658. The third-order valence-corrected chi connectivity index (χ3v) is 2.85. The second-order valence-corrected chi connectivity index (χ2v) is 4.15. The molecule has 4 nitrogen and oxygen atoms in total. The van der Waals surface area contributed by atoms with Gasteiger partial charge in [0.2, 0.25) is 0 Å². The standard InChI is InChI=1S/C15H16N4/c1-3-17-15-10-14(7-8-18-15)19(2)13-6-4-5-12(9-13)11-16/h4-10H,3H2,1-2H3,(H,17,18). The van der Waals surface area contributed by atoms with Gasteiger partial charge in [-0.2, -0.15) is 5.26 Å². The van der Waals surface area contributed by atoms with Crippen molar-refractivity contribution in [1.29, 1.82) is 5.26 Å². The molecule has 2 aromatic rings. The van der Waals surface area contributed by atoms with Crippen molar-refractivity contribution in [3.63, 3.8) is 0 Å². The third kappa shape index (κ3) is 3.02. The van der Waals surface area contributed by atoms with Gasteiger partial charge in [0.25, 0.3) is 0 Å². The van der Waals surface area contributed by atoms with E-state index in [1.54, 1.807) is 12.3 Å². The van der Waals surface area contributed by atoms with Gasteiger partial charge in [-0.1, -0.05) is 6.07 Å². The van der Waals surface area contributed by atoms with Crippen LogP contribution in [0.2, 0.25) is 0 Å². The van der Waals surface area contributed by atoms with E-state index in [0.717, 1.165) is 23.7 Å². The Morgan fingerprint density at radius 3 is 2.79 bits per heavy atom. The van der Waals surface area contributed by atoms with Crippen molar-refractivity contribution in [2.45, 2.75) is 6.92 Å². The van der Waals surface area contributed by atoms with E-state index in [1.807, 2.05) is 49.2 Å². The monoisotopic (exact) mass is 252 g/mol. The number of benzene rings is 1. The number of aromatic nitrogens is 1.